The van der Waals surface area contributed by atoms with E-state index >= 15 is 0 Å². The number of hydrogen-bond acceptors (Lipinski definition) is 5. The van der Waals surface area contributed by atoms with Crippen molar-refractivity contribution in [1.29, 1.82) is 0 Å². The molecule has 2 aromatic heterocycles. The average molecular weight is 353 g/mol. The SMILES string of the molecule is CN1CCC[C@@H](CNC(=O)c2ccc3n[nH]nc3c2)[C@@H]1c1cncn1C. The van der Waals surface area contributed by atoms with Crippen LogP contribution in [-0.4, -0.2) is 55.9 Å². The number of piperidine rings is 1. The van der Waals surface area contributed by atoms with E-state index in [4.69, 9.17) is 0 Å². The fourth-order valence-electron chi connectivity index (χ4n) is 3.90. The predicted octanol–water partition coefficient (Wildman–Crippen LogP) is 1.50. The van der Waals surface area contributed by atoms with Crippen molar-refractivity contribution in [3.8, 4) is 0 Å². The van der Waals surface area contributed by atoms with Crippen LogP contribution >= 0.6 is 0 Å². The average Bonchev–Trinajstić information content (AvgIpc) is 3.27. The number of likely N-dealkylation sites (tertiary alicyclic amines) is 1. The third-order valence-corrected chi connectivity index (χ3v) is 5.27. The second-order valence-corrected chi connectivity index (χ2v) is 6.99. The summed E-state index contributed by atoms with van der Waals surface area (Å²) < 4.78 is 2.07. The molecule has 1 aromatic carbocycles. The Bertz CT molecular complexity index is 915. The number of hydrogen-bond donors (Lipinski definition) is 2. The summed E-state index contributed by atoms with van der Waals surface area (Å²) >= 11 is 0. The highest BCUT2D eigenvalue weighted by Gasteiger charge is 2.32. The van der Waals surface area contributed by atoms with Crippen molar-refractivity contribution in [1.82, 2.24) is 35.2 Å². The minimum Gasteiger partial charge on any atom is -0.352 e. The van der Waals surface area contributed by atoms with Gasteiger partial charge in [0.25, 0.3) is 5.91 Å². The lowest BCUT2D eigenvalue weighted by Crippen LogP contribution is -2.42. The summed E-state index contributed by atoms with van der Waals surface area (Å²) in [5, 5.41) is 13.7. The number of aromatic nitrogens is 5. The van der Waals surface area contributed by atoms with Crippen LogP contribution in [0.1, 0.15) is 34.9 Å². The quantitative estimate of drug-likeness (QED) is 0.742. The molecule has 1 fully saturated rings. The Labute approximate surface area is 151 Å². The smallest absolute Gasteiger partial charge is 0.251 e. The van der Waals surface area contributed by atoms with E-state index in [0.717, 1.165) is 24.9 Å². The van der Waals surface area contributed by atoms with Crippen molar-refractivity contribution >= 4 is 16.9 Å². The number of rotatable bonds is 4. The summed E-state index contributed by atoms with van der Waals surface area (Å²) in [6.07, 6.45) is 5.99. The molecule has 1 saturated heterocycles. The van der Waals surface area contributed by atoms with Crippen molar-refractivity contribution in [2.75, 3.05) is 20.1 Å². The summed E-state index contributed by atoms with van der Waals surface area (Å²) in [5.74, 6) is 0.274. The van der Waals surface area contributed by atoms with Gasteiger partial charge in [0.1, 0.15) is 11.0 Å². The number of aryl methyl sites for hydroxylation is 1. The molecular formula is C18H23N7O. The molecule has 1 amide bonds. The van der Waals surface area contributed by atoms with Crippen LogP contribution in [-0.2, 0) is 7.05 Å². The number of imidazole rings is 1. The van der Waals surface area contributed by atoms with Crippen LogP contribution in [0.4, 0.5) is 0 Å². The molecule has 0 unspecified atom stereocenters. The molecule has 1 aliphatic heterocycles. The van der Waals surface area contributed by atoms with Gasteiger partial charge in [0.15, 0.2) is 0 Å². The standard InChI is InChI=1S/C18H23N7O/c1-24-7-3-4-13(17(24)16-10-19-11-25(16)2)9-20-18(26)12-5-6-14-15(8-12)22-23-21-14/h5-6,8,10-11,13,17H,3-4,7,9H2,1-2H3,(H,20,26)(H,21,22,23)/t13-,17+/m0/s1. The zero-order chi connectivity index (χ0) is 18.1. The summed E-state index contributed by atoms with van der Waals surface area (Å²) in [4.78, 5) is 19.2. The molecule has 0 bridgehead atoms. The van der Waals surface area contributed by atoms with Gasteiger partial charge in [0.2, 0.25) is 0 Å². The first-order valence-electron chi connectivity index (χ1n) is 8.88. The van der Waals surface area contributed by atoms with Crippen molar-refractivity contribution in [3.63, 3.8) is 0 Å². The van der Waals surface area contributed by atoms with Gasteiger partial charge in [-0.3, -0.25) is 9.69 Å². The Morgan fingerprint density at radius 2 is 2.15 bits per heavy atom. The molecule has 3 aromatic rings. The van der Waals surface area contributed by atoms with E-state index in [1.165, 1.54) is 5.69 Å². The number of carbonyl (C=O) groups excluding carboxylic acids is 1. The fraction of sp³-hybridized carbons (Fsp3) is 0.444. The Balaban J connectivity index is 1.48. The first kappa shape index (κ1) is 16.7. The molecule has 136 valence electrons. The molecule has 0 spiro atoms. The maximum atomic E-state index is 12.6. The molecule has 1 aliphatic rings. The minimum absolute atomic E-state index is 0.0770. The summed E-state index contributed by atoms with van der Waals surface area (Å²) in [6.45, 7) is 1.69. The fourth-order valence-corrected chi connectivity index (χ4v) is 3.90. The molecule has 0 aliphatic carbocycles. The summed E-state index contributed by atoms with van der Waals surface area (Å²) in [7, 11) is 4.16. The summed E-state index contributed by atoms with van der Waals surface area (Å²) in [6, 6.07) is 5.61. The third kappa shape index (κ3) is 3.08. The molecule has 2 N–H and O–H groups in total. The Kier molecular flexibility index (Phi) is 4.42. The van der Waals surface area contributed by atoms with Crippen molar-refractivity contribution in [2.45, 2.75) is 18.9 Å². The van der Waals surface area contributed by atoms with Gasteiger partial charge in [0.05, 0.1) is 18.1 Å². The molecule has 26 heavy (non-hydrogen) atoms. The van der Waals surface area contributed by atoms with Gasteiger partial charge >= 0.3 is 0 Å². The Morgan fingerprint density at radius 3 is 2.96 bits per heavy atom. The second-order valence-electron chi connectivity index (χ2n) is 6.99. The lowest BCUT2D eigenvalue weighted by Gasteiger charge is -2.39. The summed E-state index contributed by atoms with van der Waals surface area (Å²) in [5.41, 5.74) is 3.25. The lowest BCUT2D eigenvalue weighted by molar-refractivity contribution is 0.0882. The molecular weight excluding hydrogens is 330 g/mol. The van der Waals surface area contributed by atoms with Gasteiger partial charge in [-0.05, 0) is 50.6 Å². The molecule has 4 rings (SSSR count). The van der Waals surface area contributed by atoms with E-state index in [-0.39, 0.29) is 11.9 Å². The van der Waals surface area contributed by atoms with E-state index in [0.29, 0.717) is 23.5 Å². The van der Waals surface area contributed by atoms with E-state index in [2.05, 4.69) is 42.2 Å². The van der Waals surface area contributed by atoms with Gasteiger partial charge in [-0.1, -0.05) is 0 Å². The molecule has 0 radical (unpaired) electrons. The molecule has 2 atom stereocenters. The topological polar surface area (TPSA) is 91.7 Å². The molecule has 8 heteroatoms. The van der Waals surface area contributed by atoms with Crippen molar-refractivity contribution in [3.05, 3.63) is 42.0 Å². The largest absolute Gasteiger partial charge is 0.352 e. The normalized spacial score (nSPS) is 21.2. The number of benzene rings is 1. The number of nitrogens with one attached hydrogen (secondary N) is 2. The lowest BCUT2D eigenvalue weighted by atomic mass is 9.87. The van der Waals surface area contributed by atoms with E-state index in [1.54, 1.807) is 18.2 Å². The molecule has 0 saturated carbocycles. The third-order valence-electron chi connectivity index (χ3n) is 5.27. The Hall–Kier alpha value is -2.74. The number of nitrogens with zero attached hydrogens (tertiary/aromatic N) is 5. The van der Waals surface area contributed by atoms with E-state index in [1.807, 2.05) is 19.6 Å². The predicted molar refractivity (Wildman–Crippen MR) is 97.5 cm³/mol. The van der Waals surface area contributed by atoms with Crippen molar-refractivity contribution < 1.29 is 4.79 Å². The monoisotopic (exact) mass is 353 g/mol. The zero-order valence-corrected chi connectivity index (χ0v) is 15.0. The highest BCUT2D eigenvalue weighted by molar-refractivity contribution is 5.97. The van der Waals surface area contributed by atoms with Crippen LogP contribution in [0, 0.1) is 5.92 Å². The highest BCUT2D eigenvalue weighted by atomic mass is 16.1. The van der Waals surface area contributed by atoms with Gasteiger partial charge in [-0.15, -0.1) is 0 Å². The second kappa shape index (κ2) is 6.87. The van der Waals surface area contributed by atoms with Gasteiger partial charge in [-0.2, -0.15) is 15.4 Å². The maximum absolute atomic E-state index is 12.6. The molecule has 3 heterocycles. The van der Waals surface area contributed by atoms with Crippen LogP contribution in [0.5, 0.6) is 0 Å². The van der Waals surface area contributed by atoms with Crippen LogP contribution in [0.2, 0.25) is 0 Å². The first-order valence-corrected chi connectivity index (χ1v) is 8.88. The van der Waals surface area contributed by atoms with E-state index < -0.39 is 0 Å². The minimum atomic E-state index is -0.0770. The van der Waals surface area contributed by atoms with Crippen LogP contribution in [0.3, 0.4) is 0 Å². The van der Waals surface area contributed by atoms with Gasteiger partial charge in [-0.25, -0.2) is 4.98 Å². The van der Waals surface area contributed by atoms with Gasteiger partial charge in [0, 0.05) is 25.4 Å². The first-order chi connectivity index (χ1) is 12.6. The van der Waals surface area contributed by atoms with Crippen LogP contribution in [0.15, 0.2) is 30.7 Å². The number of carbonyl (C=O) groups is 1. The maximum Gasteiger partial charge on any atom is 0.251 e. The van der Waals surface area contributed by atoms with E-state index in [9.17, 15) is 4.79 Å². The van der Waals surface area contributed by atoms with Crippen LogP contribution in [0.25, 0.3) is 11.0 Å². The molecule has 8 nitrogen and oxygen atoms in total. The highest BCUT2D eigenvalue weighted by Crippen LogP contribution is 2.34. The van der Waals surface area contributed by atoms with Gasteiger partial charge < -0.3 is 9.88 Å². The number of fused-ring (bicyclic) bond motifs is 1. The zero-order valence-electron chi connectivity index (χ0n) is 15.0. The number of amides is 1. The van der Waals surface area contributed by atoms with Crippen LogP contribution < -0.4 is 5.32 Å². The van der Waals surface area contributed by atoms with Crippen molar-refractivity contribution in [2.24, 2.45) is 13.0 Å². The number of aromatic amines is 1. The number of H-pyrrole nitrogens is 1. The Morgan fingerprint density at radius 1 is 1.31 bits per heavy atom.